The Morgan fingerprint density at radius 2 is 1.61 bits per heavy atom. The molecule has 0 radical (unpaired) electrons. The van der Waals surface area contributed by atoms with Crippen molar-refractivity contribution >= 4 is 11.7 Å². The van der Waals surface area contributed by atoms with Gasteiger partial charge < -0.3 is 28.8 Å². The van der Waals surface area contributed by atoms with Crippen LogP contribution in [-0.4, -0.2) is 53.3 Å². The number of carbonyl (C=O) groups is 1. The summed E-state index contributed by atoms with van der Waals surface area (Å²) in [6.07, 6.45) is -6.11. The third-order valence-corrected chi connectivity index (χ3v) is 5.93. The van der Waals surface area contributed by atoms with E-state index in [2.05, 4.69) is 0 Å². The lowest BCUT2D eigenvalue weighted by molar-refractivity contribution is -0.384. The highest BCUT2D eigenvalue weighted by atomic mass is 16.8. The SMILES string of the molecule is O=C(O[C@@H]1[C@@H](Oc2ccc([N+](=O)[O-])cc2)O[C@@H]2COC(c3ccccc3)O[C@H]2[C@@H]1O)c1ccccc1. The van der Waals surface area contributed by atoms with Gasteiger partial charge in [0.15, 0.2) is 12.4 Å². The van der Waals surface area contributed by atoms with Gasteiger partial charge in [0.05, 0.1) is 17.1 Å². The topological polar surface area (TPSA) is 127 Å². The van der Waals surface area contributed by atoms with E-state index in [9.17, 15) is 20.0 Å². The fourth-order valence-corrected chi connectivity index (χ4v) is 4.11. The van der Waals surface area contributed by atoms with Crippen molar-refractivity contribution in [1.82, 2.24) is 0 Å². The molecular weight excluding hydrogens is 470 g/mol. The molecule has 36 heavy (non-hydrogen) atoms. The van der Waals surface area contributed by atoms with E-state index in [0.29, 0.717) is 0 Å². The monoisotopic (exact) mass is 493 g/mol. The molecule has 0 bridgehead atoms. The maximum Gasteiger partial charge on any atom is 0.338 e. The number of aliphatic hydroxyl groups is 1. The molecule has 3 aromatic rings. The molecule has 2 heterocycles. The number of carbonyl (C=O) groups excluding carboxylic acids is 1. The molecule has 1 N–H and O–H groups in total. The van der Waals surface area contributed by atoms with Crippen LogP contribution in [-0.2, 0) is 18.9 Å². The van der Waals surface area contributed by atoms with Crippen LogP contribution < -0.4 is 4.74 Å². The van der Waals surface area contributed by atoms with Gasteiger partial charge >= 0.3 is 5.97 Å². The summed E-state index contributed by atoms with van der Waals surface area (Å²) >= 11 is 0. The fourth-order valence-electron chi connectivity index (χ4n) is 4.11. The van der Waals surface area contributed by atoms with Crippen molar-refractivity contribution < 1.29 is 38.5 Å². The number of esters is 1. The van der Waals surface area contributed by atoms with Crippen molar-refractivity contribution in [2.45, 2.75) is 37.0 Å². The molecule has 3 aromatic carbocycles. The predicted molar refractivity (Wildman–Crippen MR) is 124 cm³/mol. The number of aliphatic hydroxyl groups excluding tert-OH is 1. The maximum atomic E-state index is 12.8. The van der Waals surface area contributed by atoms with Crippen LogP contribution in [0.2, 0.25) is 0 Å². The Labute approximate surface area is 206 Å². The summed E-state index contributed by atoms with van der Waals surface area (Å²) in [6.45, 7) is 0.0980. The van der Waals surface area contributed by atoms with Crippen LogP contribution in [0.25, 0.3) is 0 Å². The Kier molecular flexibility index (Phi) is 6.92. The van der Waals surface area contributed by atoms with Crippen LogP contribution in [0.4, 0.5) is 5.69 Å². The van der Waals surface area contributed by atoms with Crippen molar-refractivity contribution in [3.05, 3.63) is 106 Å². The number of non-ortho nitro benzene ring substituents is 1. The number of fused-ring (bicyclic) bond motifs is 1. The zero-order valence-corrected chi connectivity index (χ0v) is 18.9. The van der Waals surface area contributed by atoms with E-state index in [1.54, 1.807) is 30.3 Å². The number of nitrogens with zero attached hydrogens (tertiary/aromatic N) is 1. The molecule has 2 aliphatic rings. The smallest absolute Gasteiger partial charge is 0.338 e. The second-order valence-corrected chi connectivity index (χ2v) is 8.31. The van der Waals surface area contributed by atoms with Crippen LogP contribution in [0.1, 0.15) is 22.2 Å². The first kappa shape index (κ1) is 23.9. The highest BCUT2D eigenvalue weighted by Gasteiger charge is 2.52. The number of hydrogen-bond acceptors (Lipinski definition) is 9. The summed E-state index contributed by atoms with van der Waals surface area (Å²) in [5, 5.41) is 22.2. The predicted octanol–water partition coefficient (Wildman–Crippen LogP) is 3.40. The normalized spacial score (nSPS) is 27.5. The highest BCUT2D eigenvalue weighted by Crippen LogP contribution is 2.36. The van der Waals surface area contributed by atoms with E-state index in [1.807, 2.05) is 30.3 Å². The van der Waals surface area contributed by atoms with Gasteiger partial charge in [0, 0.05) is 17.7 Å². The van der Waals surface area contributed by atoms with Gasteiger partial charge in [-0.15, -0.1) is 0 Å². The molecule has 2 aliphatic heterocycles. The maximum absolute atomic E-state index is 12.8. The lowest BCUT2D eigenvalue weighted by atomic mass is 9.97. The van der Waals surface area contributed by atoms with E-state index < -0.39 is 47.9 Å². The van der Waals surface area contributed by atoms with Gasteiger partial charge in [-0.1, -0.05) is 48.5 Å². The largest absolute Gasteiger partial charge is 0.461 e. The number of rotatable bonds is 6. The van der Waals surface area contributed by atoms with Gasteiger partial charge in [0.1, 0.15) is 24.1 Å². The molecule has 186 valence electrons. The third-order valence-electron chi connectivity index (χ3n) is 5.93. The summed E-state index contributed by atoms with van der Waals surface area (Å²) in [5.41, 5.74) is 0.946. The average Bonchev–Trinajstić information content (AvgIpc) is 2.92. The van der Waals surface area contributed by atoms with Crippen LogP contribution in [0, 0.1) is 10.1 Å². The van der Waals surface area contributed by atoms with Crippen molar-refractivity contribution in [2.24, 2.45) is 0 Å². The standard InChI is InChI=1S/C26H23NO9/c28-21-22-20(15-32-25(36-22)17-9-5-2-6-10-17)34-26(33-19-13-11-18(12-14-19)27(30)31)23(21)35-24(29)16-7-3-1-4-8-16/h1-14,20-23,25-26,28H,15H2/t20-,21+,22-,23+,25?,26+/m1/s1. The lowest BCUT2D eigenvalue weighted by Gasteiger charge is -2.47. The van der Waals surface area contributed by atoms with Gasteiger partial charge in [-0.25, -0.2) is 4.79 Å². The summed E-state index contributed by atoms with van der Waals surface area (Å²) in [6, 6.07) is 22.9. The van der Waals surface area contributed by atoms with Crippen LogP contribution >= 0.6 is 0 Å². The summed E-state index contributed by atoms with van der Waals surface area (Å²) in [4.78, 5) is 23.3. The summed E-state index contributed by atoms with van der Waals surface area (Å²) in [7, 11) is 0. The first-order valence-corrected chi connectivity index (χ1v) is 11.3. The average molecular weight is 493 g/mol. The van der Waals surface area contributed by atoms with Gasteiger partial charge in [0.2, 0.25) is 6.29 Å². The van der Waals surface area contributed by atoms with Crippen molar-refractivity contribution in [1.29, 1.82) is 0 Å². The second kappa shape index (κ2) is 10.4. The van der Waals surface area contributed by atoms with E-state index >= 15 is 0 Å². The third kappa shape index (κ3) is 5.07. The van der Waals surface area contributed by atoms with Crippen LogP contribution in [0.3, 0.4) is 0 Å². The fraction of sp³-hybridized carbons (Fsp3) is 0.269. The number of benzene rings is 3. The Morgan fingerprint density at radius 1 is 0.944 bits per heavy atom. The van der Waals surface area contributed by atoms with Crippen LogP contribution in [0.15, 0.2) is 84.9 Å². The molecule has 0 aliphatic carbocycles. The molecule has 5 rings (SSSR count). The van der Waals surface area contributed by atoms with Crippen LogP contribution in [0.5, 0.6) is 5.75 Å². The zero-order chi connectivity index (χ0) is 25.1. The highest BCUT2D eigenvalue weighted by molar-refractivity contribution is 5.89. The first-order valence-electron chi connectivity index (χ1n) is 11.3. The van der Waals surface area contributed by atoms with Crippen molar-refractivity contribution in [2.75, 3.05) is 6.61 Å². The Hall–Kier alpha value is -3.83. The van der Waals surface area contributed by atoms with E-state index in [4.69, 9.17) is 23.7 Å². The molecule has 10 nitrogen and oxygen atoms in total. The van der Waals surface area contributed by atoms with Crippen molar-refractivity contribution in [3.63, 3.8) is 0 Å². The molecule has 0 spiro atoms. The minimum absolute atomic E-state index is 0.0980. The molecule has 0 amide bonds. The number of nitro benzene ring substituents is 1. The molecule has 0 saturated carbocycles. The zero-order valence-electron chi connectivity index (χ0n) is 18.9. The molecule has 0 aromatic heterocycles. The molecule has 10 heteroatoms. The van der Waals surface area contributed by atoms with Gasteiger partial charge in [0.25, 0.3) is 5.69 Å². The van der Waals surface area contributed by atoms with Gasteiger partial charge in [-0.2, -0.15) is 0 Å². The van der Waals surface area contributed by atoms with E-state index in [-0.39, 0.29) is 23.6 Å². The Bertz CT molecular complexity index is 1190. The van der Waals surface area contributed by atoms with Gasteiger partial charge in [-0.05, 0) is 24.3 Å². The summed E-state index contributed by atoms with van der Waals surface area (Å²) in [5.74, 6) is -0.442. The van der Waals surface area contributed by atoms with Crippen molar-refractivity contribution in [3.8, 4) is 5.75 Å². The molecule has 2 saturated heterocycles. The minimum Gasteiger partial charge on any atom is -0.461 e. The molecule has 2 fully saturated rings. The van der Waals surface area contributed by atoms with E-state index in [0.717, 1.165) is 5.56 Å². The second-order valence-electron chi connectivity index (χ2n) is 8.31. The lowest BCUT2D eigenvalue weighted by Crippen LogP contribution is -2.64. The summed E-state index contributed by atoms with van der Waals surface area (Å²) < 4.78 is 29.4. The Morgan fingerprint density at radius 3 is 2.28 bits per heavy atom. The molecule has 6 atom stereocenters. The number of nitro groups is 1. The number of hydrogen-bond donors (Lipinski definition) is 1. The molecular formula is C26H23NO9. The first-order chi connectivity index (χ1) is 17.5. The quantitative estimate of drug-likeness (QED) is 0.312. The Balaban J connectivity index is 1.38. The van der Waals surface area contributed by atoms with E-state index in [1.165, 1.54) is 24.3 Å². The number of ether oxygens (including phenoxy) is 5. The van der Waals surface area contributed by atoms with Gasteiger partial charge in [-0.3, -0.25) is 10.1 Å². The molecule has 1 unspecified atom stereocenters. The minimum atomic E-state index is -1.31.